The number of benzene rings is 1. The highest BCUT2D eigenvalue weighted by Crippen LogP contribution is 2.32. The first kappa shape index (κ1) is 14.2. The summed E-state index contributed by atoms with van der Waals surface area (Å²) in [4.78, 5) is 10.3. The predicted octanol–water partition coefficient (Wildman–Crippen LogP) is 2.87. The average Bonchev–Trinajstić information content (AvgIpc) is 2.40. The molecular formula is C12H14BrFN2O3. The molecule has 0 radical (unpaired) electrons. The quantitative estimate of drug-likeness (QED) is 0.680. The maximum atomic E-state index is 13.4. The van der Waals surface area contributed by atoms with E-state index in [1.807, 2.05) is 0 Å². The van der Waals surface area contributed by atoms with Crippen LogP contribution in [0.3, 0.4) is 0 Å². The molecule has 1 N–H and O–H groups in total. The van der Waals surface area contributed by atoms with Gasteiger partial charge in [-0.2, -0.15) is 0 Å². The second-order valence-electron chi connectivity index (χ2n) is 4.51. The fraction of sp³-hybridized carbons (Fsp3) is 0.500. The van der Waals surface area contributed by atoms with E-state index in [-0.39, 0.29) is 15.9 Å². The lowest BCUT2D eigenvalue weighted by molar-refractivity contribution is -0.386. The van der Waals surface area contributed by atoms with Crippen molar-refractivity contribution in [1.29, 1.82) is 0 Å². The molecule has 1 aliphatic heterocycles. The first-order chi connectivity index (χ1) is 9.08. The zero-order valence-corrected chi connectivity index (χ0v) is 11.8. The molecule has 1 aromatic carbocycles. The van der Waals surface area contributed by atoms with Gasteiger partial charge in [0.1, 0.15) is 5.82 Å². The number of halogens is 2. The highest BCUT2D eigenvalue weighted by Gasteiger charge is 2.21. The van der Waals surface area contributed by atoms with Crippen molar-refractivity contribution < 1.29 is 14.1 Å². The molecule has 5 nitrogen and oxygen atoms in total. The van der Waals surface area contributed by atoms with Gasteiger partial charge in [-0.1, -0.05) is 0 Å². The van der Waals surface area contributed by atoms with Crippen LogP contribution in [0.4, 0.5) is 10.1 Å². The number of hydrogen-bond acceptors (Lipinski definition) is 4. The topological polar surface area (TPSA) is 64.4 Å². The van der Waals surface area contributed by atoms with Gasteiger partial charge in [-0.25, -0.2) is 4.39 Å². The maximum Gasteiger partial charge on any atom is 0.312 e. The van der Waals surface area contributed by atoms with E-state index < -0.39 is 10.7 Å². The monoisotopic (exact) mass is 332 g/mol. The fourth-order valence-electron chi connectivity index (χ4n) is 2.05. The van der Waals surface area contributed by atoms with Crippen LogP contribution in [0.15, 0.2) is 16.6 Å². The lowest BCUT2D eigenvalue weighted by Gasteiger charge is -2.22. The van der Waals surface area contributed by atoms with E-state index in [2.05, 4.69) is 21.2 Å². The van der Waals surface area contributed by atoms with E-state index in [1.165, 1.54) is 0 Å². The molecule has 0 saturated carbocycles. The smallest absolute Gasteiger partial charge is 0.312 e. The predicted molar refractivity (Wildman–Crippen MR) is 71.8 cm³/mol. The minimum atomic E-state index is -0.571. The standard InChI is InChI=1S/C12H14BrFN2O3/c13-9-4-11(16(17)18)12(5-10(9)14)19-7-8-2-1-3-15-6-8/h4-5,8,15H,1-3,6-7H2. The van der Waals surface area contributed by atoms with E-state index in [4.69, 9.17) is 4.74 Å². The summed E-state index contributed by atoms with van der Waals surface area (Å²) >= 11 is 2.93. The molecule has 1 fully saturated rings. The van der Waals surface area contributed by atoms with E-state index in [0.29, 0.717) is 12.5 Å². The summed E-state index contributed by atoms with van der Waals surface area (Å²) in [6.07, 6.45) is 2.07. The van der Waals surface area contributed by atoms with Gasteiger partial charge < -0.3 is 10.1 Å². The van der Waals surface area contributed by atoms with Crippen molar-refractivity contribution in [3.8, 4) is 5.75 Å². The lowest BCUT2D eigenvalue weighted by Crippen LogP contribution is -2.33. The Bertz CT molecular complexity index is 478. The molecule has 0 bridgehead atoms. The lowest BCUT2D eigenvalue weighted by atomic mass is 10.0. The minimum absolute atomic E-state index is 0.0173. The molecule has 0 aliphatic carbocycles. The minimum Gasteiger partial charge on any atom is -0.486 e. The zero-order chi connectivity index (χ0) is 13.8. The van der Waals surface area contributed by atoms with Crippen molar-refractivity contribution in [3.05, 3.63) is 32.5 Å². The molecule has 1 aromatic rings. The highest BCUT2D eigenvalue weighted by molar-refractivity contribution is 9.10. The molecular weight excluding hydrogens is 319 g/mol. The van der Waals surface area contributed by atoms with Gasteiger partial charge in [-0.3, -0.25) is 10.1 Å². The van der Waals surface area contributed by atoms with Crippen LogP contribution in [-0.2, 0) is 0 Å². The van der Waals surface area contributed by atoms with Gasteiger partial charge in [0.25, 0.3) is 0 Å². The van der Waals surface area contributed by atoms with Crippen molar-refractivity contribution in [2.45, 2.75) is 12.8 Å². The number of hydrogen-bond donors (Lipinski definition) is 1. The Labute approximate surface area is 118 Å². The summed E-state index contributed by atoms with van der Waals surface area (Å²) in [6, 6.07) is 2.18. The van der Waals surface area contributed by atoms with Gasteiger partial charge in [0, 0.05) is 24.6 Å². The summed E-state index contributed by atoms with van der Waals surface area (Å²) < 4.78 is 18.9. The molecule has 19 heavy (non-hydrogen) atoms. The third-order valence-corrected chi connectivity index (χ3v) is 3.68. The number of nitrogens with zero attached hydrogens (tertiary/aromatic N) is 1. The average molecular weight is 333 g/mol. The van der Waals surface area contributed by atoms with Crippen molar-refractivity contribution in [3.63, 3.8) is 0 Å². The molecule has 1 unspecified atom stereocenters. The zero-order valence-electron chi connectivity index (χ0n) is 10.2. The first-order valence-corrected chi connectivity index (χ1v) is 6.84. The first-order valence-electron chi connectivity index (χ1n) is 6.05. The maximum absolute atomic E-state index is 13.4. The summed E-state index contributed by atoms with van der Waals surface area (Å²) in [5.41, 5.74) is -0.225. The van der Waals surface area contributed by atoms with Crippen molar-refractivity contribution in [1.82, 2.24) is 5.32 Å². The number of nitrogens with one attached hydrogen (secondary N) is 1. The third-order valence-electron chi connectivity index (χ3n) is 3.07. The Morgan fingerprint density at radius 2 is 2.37 bits per heavy atom. The van der Waals surface area contributed by atoms with Crippen LogP contribution in [0.5, 0.6) is 5.75 Å². The Hall–Kier alpha value is -1.21. The van der Waals surface area contributed by atoms with E-state index in [9.17, 15) is 14.5 Å². The molecule has 0 spiro atoms. The Balaban J connectivity index is 2.09. The van der Waals surface area contributed by atoms with E-state index in [0.717, 1.165) is 38.1 Å². The number of nitro benzene ring substituents is 1. The molecule has 2 rings (SSSR count). The molecule has 0 amide bonds. The van der Waals surface area contributed by atoms with Crippen LogP contribution in [0.1, 0.15) is 12.8 Å². The summed E-state index contributed by atoms with van der Waals surface area (Å²) in [6.45, 7) is 2.17. The Morgan fingerprint density at radius 3 is 3.00 bits per heavy atom. The van der Waals surface area contributed by atoms with Gasteiger partial charge >= 0.3 is 5.69 Å². The van der Waals surface area contributed by atoms with Crippen molar-refractivity contribution in [2.24, 2.45) is 5.92 Å². The van der Waals surface area contributed by atoms with E-state index in [1.54, 1.807) is 0 Å². The molecule has 1 aliphatic rings. The number of piperidine rings is 1. The van der Waals surface area contributed by atoms with Gasteiger partial charge in [-0.15, -0.1) is 0 Å². The van der Waals surface area contributed by atoms with Crippen LogP contribution >= 0.6 is 15.9 Å². The fourth-order valence-corrected chi connectivity index (χ4v) is 2.38. The van der Waals surface area contributed by atoms with Crippen LogP contribution in [-0.4, -0.2) is 24.6 Å². The number of ether oxygens (including phenoxy) is 1. The van der Waals surface area contributed by atoms with Gasteiger partial charge in [-0.05, 0) is 35.3 Å². The third kappa shape index (κ3) is 3.63. The molecule has 104 valence electrons. The summed E-state index contributed by atoms with van der Waals surface area (Å²) in [5.74, 6) is -0.279. The molecule has 1 heterocycles. The molecule has 0 aromatic heterocycles. The normalized spacial score (nSPS) is 19.2. The van der Waals surface area contributed by atoms with Crippen LogP contribution in [0, 0.1) is 21.8 Å². The molecule has 7 heteroatoms. The van der Waals surface area contributed by atoms with Crippen LogP contribution in [0.25, 0.3) is 0 Å². The number of nitro groups is 1. The van der Waals surface area contributed by atoms with Gasteiger partial charge in [0.2, 0.25) is 0 Å². The SMILES string of the molecule is O=[N+]([O-])c1cc(Br)c(F)cc1OCC1CCCNC1. The van der Waals surface area contributed by atoms with Crippen molar-refractivity contribution in [2.75, 3.05) is 19.7 Å². The van der Waals surface area contributed by atoms with Crippen LogP contribution in [0.2, 0.25) is 0 Å². The Morgan fingerprint density at radius 1 is 1.58 bits per heavy atom. The second-order valence-corrected chi connectivity index (χ2v) is 5.37. The van der Waals surface area contributed by atoms with Gasteiger partial charge in [0.05, 0.1) is 16.0 Å². The summed E-state index contributed by atoms with van der Waals surface area (Å²) in [7, 11) is 0. The Kier molecular flexibility index (Phi) is 4.71. The molecule has 1 atom stereocenters. The molecule has 1 saturated heterocycles. The highest BCUT2D eigenvalue weighted by atomic mass is 79.9. The van der Waals surface area contributed by atoms with Crippen LogP contribution < -0.4 is 10.1 Å². The number of rotatable bonds is 4. The largest absolute Gasteiger partial charge is 0.486 e. The van der Waals surface area contributed by atoms with E-state index >= 15 is 0 Å². The van der Waals surface area contributed by atoms with Gasteiger partial charge in [0.15, 0.2) is 5.75 Å². The second kappa shape index (κ2) is 6.29. The summed E-state index contributed by atoms with van der Waals surface area (Å²) in [5, 5.41) is 14.1. The van der Waals surface area contributed by atoms with Crippen molar-refractivity contribution >= 4 is 21.6 Å².